The maximum Gasteiger partial charge on any atom is 0.234 e. The van der Waals surface area contributed by atoms with Crippen molar-refractivity contribution in [1.82, 2.24) is 10.6 Å². The summed E-state index contributed by atoms with van der Waals surface area (Å²) in [5.74, 6) is 0.000278. The van der Waals surface area contributed by atoms with E-state index in [1.54, 1.807) is 6.26 Å². The second-order valence-electron chi connectivity index (χ2n) is 5.66. The summed E-state index contributed by atoms with van der Waals surface area (Å²) >= 11 is 0. The van der Waals surface area contributed by atoms with E-state index >= 15 is 0 Å². The maximum absolute atomic E-state index is 11.7. The lowest BCUT2D eigenvalue weighted by atomic mass is 10.1. The number of hydrogen-bond acceptors (Lipinski definition) is 3. The van der Waals surface area contributed by atoms with E-state index in [2.05, 4.69) is 10.6 Å². The van der Waals surface area contributed by atoms with Crippen LogP contribution in [-0.2, 0) is 11.3 Å². The molecule has 4 heteroatoms. The van der Waals surface area contributed by atoms with E-state index in [-0.39, 0.29) is 11.4 Å². The van der Waals surface area contributed by atoms with Crippen molar-refractivity contribution >= 4 is 16.9 Å². The fraction of sp³-hybridized carbons (Fsp3) is 0.400. The molecule has 2 aromatic rings. The molecule has 2 N–H and O–H groups in total. The first-order chi connectivity index (χ1) is 8.96. The van der Waals surface area contributed by atoms with E-state index < -0.39 is 0 Å². The number of carbonyl (C=O) groups excluding carboxylic acids is 1. The van der Waals surface area contributed by atoms with Gasteiger partial charge in [-0.15, -0.1) is 0 Å². The van der Waals surface area contributed by atoms with Gasteiger partial charge >= 0.3 is 0 Å². The van der Waals surface area contributed by atoms with Gasteiger partial charge in [0.25, 0.3) is 0 Å². The van der Waals surface area contributed by atoms with Crippen LogP contribution >= 0.6 is 0 Å². The third-order valence-electron chi connectivity index (χ3n) is 2.68. The van der Waals surface area contributed by atoms with Crippen LogP contribution in [0.1, 0.15) is 26.3 Å². The molecule has 0 aliphatic heterocycles. The number of carbonyl (C=O) groups is 1. The molecule has 1 aromatic heterocycles. The highest BCUT2D eigenvalue weighted by Crippen LogP contribution is 2.20. The van der Waals surface area contributed by atoms with Crippen LogP contribution in [0.15, 0.2) is 34.9 Å². The lowest BCUT2D eigenvalue weighted by Gasteiger charge is -2.20. The molecule has 0 spiro atoms. The summed E-state index contributed by atoms with van der Waals surface area (Å²) in [4.78, 5) is 11.7. The molecule has 0 unspecified atom stereocenters. The quantitative estimate of drug-likeness (QED) is 0.887. The summed E-state index contributed by atoms with van der Waals surface area (Å²) in [5.41, 5.74) is 1.75. The van der Waals surface area contributed by atoms with Crippen LogP contribution in [0.2, 0.25) is 0 Å². The van der Waals surface area contributed by atoms with Crippen LogP contribution in [0.25, 0.3) is 11.0 Å². The normalized spacial score (nSPS) is 11.7. The van der Waals surface area contributed by atoms with Crippen molar-refractivity contribution in [2.45, 2.75) is 32.9 Å². The first-order valence-electron chi connectivity index (χ1n) is 6.42. The number of fused-ring (bicyclic) bond motifs is 1. The minimum atomic E-state index is -0.193. The molecule has 0 fully saturated rings. The third kappa shape index (κ3) is 3.83. The van der Waals surface area contributed by atoms with Gasteiger partial charge in [-0.3, -0.25) is 4.79 Å². The molecule has 0 atom stereocenters. The van der Waals surface area contributed by atoms with Gasteiger partial charge in [0.1, 0.15) is 5.58 Å². The zero-order valence-corrected chi connectivity index (χ0v) is 11.6. The molecule has 1 heterocycles. The molecule has 1 aromatic carbocycles. The largest absolute Gasteiger partial charge is 0.464 e. The highest BCUT2D eigenvalue weighted by molar-refractivity contribution is 5.81. The number of nitrogens with one attached hydrogen (secondary N) is 2. The van der Waals surface area contributed by atoms with Crippen molar-refractivity contribution in [1.29, 1.82) is 0 Å². The molecule has 0 radical (unpaired) electrons. The topological polar surface area (TPSA) is 54.3 Å². The molecular weight excluding hydrogens is 240 g/mol. The van der Waals surface area contributed by atoms with E-state index in [9.17, 15) is 4.79 Å². The van der Waals surface area contributed by atoms with Gasteiger partial charge < -0.3 is 15.1 Å². The van der Waals surface area contributed by atoms with Crippen LogP contribution in [0.3, 0.4) is 0 Å². The Hall–Kier alpha value is -1.81. The monoisotopic (exact) mass is 260 g/mol. The number of benzene rings is 1. The van der Waals surface area contributed by atoms with Crippen LogP contribution < -0.4 is 10.6 Å². The zero-order chi connectivity index (χ0) is 13.9. The van der Waals surface area contributed by atoms with E-state index in [0.29, 0.717) is 13.1 Å². The summed E-state index contributed by atoms with van der Waals surface area (Å²) in [6, 6.07) is 7.88. The van der Waals surface area contributed by atoms with Gasteiger partial charge in [0.15, 0.2) is 0 Å². The van der Waals surface area contributed by atoms with Gasteiger partial charge in [-0.2, -0.15) is 0 Å². The first-order valence-corrected chi connectivity index (χ1v) is 6.42. The predicted molar refractivity (Wildman–Crippen MR) is 75.8 cm³/mol. The fourth-order valence-corrected chi connectivity index (χ4v) is 1.94. The second-order valence-corrected chi connectivity index (χ2v) is 5.66. The molecule has 0 bridgehead atoms. The van der Waals surface area contributed by atoms with Gasteiger partial charge in [-0.25, -0.2) is 0 Å². The second kappa shape index (κ2) is 5.45. The molecule has 2 rings (SSSR count). The smallest absolute Gasteiger partial charge is 0.234 e. The van der Waals surface area contributed by atoms with Crippen molar-refractivity contribution in [3.05, 3.63) is 36.1 Å². The molecule has 19 heavy (non-hydrogen) atoms. The van der Waals surface area contributed by atoms with Crippen LogP contribution in [-0.4, -0.2) is 18.0 Å². The summed E-state index contributed by atoms with van der Waals surface area (Å²) in [6.45, 7) is 6.82. The highest BCUT2D eigenvalue weighted by atomic mass is 16.3. The van der Waals surface area contributed by atoms with Gasteiger partial charge in [0, 0.05) is 23.0 Å². The van der Waals surface area contributed by atoms with Crippen LogP contribution in [0.5, 0.6) is 0 Å². The third-order valence-corrected chi connectivity index (χ3v) is 2.68. The minimum absolute atomic E-state index is 0.000278. The number of furan rings is 1. The van der Waals surface area contributed by atoms with E-state index in [1.165, 1.54) is 0 Å². The molecule has 1 amide bonds. The Bertz CT molecular complexity index is 567. The molecule has 0 saturated carbocycles. The molecule has 0 aliphatic carbocycles. The van der Waals surface area contributed by atoms with Crippen LogP contribution in [0, 0.1) is 0 Å². The molecular formula is C15H20N2O2. The number of para-hydroxylation sites is 1. The SMILES string of the molecule is CC(C)(C)NC(=O)CNCc1coc2ccccc12. The molecule has 102 valence electrons. The summed E-state index contributed by atoms with van der Waals surface area (Å²) in [5, 5.41) is 7.13. The minimum Gasteiger partial charge on any atom is -0.464 e. The van der Waals surface area contributed by atoms with Crippen molar-refractivity contribution in [3.63, 3.8) is 0 Å². The molecule has 4 nitrogen and oxygen atoms in total. The fourth-order valence-electron chi connectivity index (χ4n) is 1.94. The van der Waals surface area contributed by atoms with E-state index in [1.807, 2.05) is 45.0 Å². The van der Waals surface area contributed by atoms with Gasteiger partial charge in [-0.05, 0) is 26.8 Å². The average Bonchev–Trinajstić information content (AvgIpc) is 2.70. The highest BCUT2D eigenvalue weighted by Gasteiger charge is 2.13. The lowest BCUT2D eigenvalue weighted by molar-refractivity contribution is -0.121. The van der Waals surface area contributed by atoms with Gasteiger partial charge in [-0.1, -0.05) is 18.2 Å². The van der Waals surface area contributed by atoms with Crippen molar-refractivity contribution < 1.29 is 9.21 Å². The van der Waals surface area contributed by atoms with E-state index in [0.717, 1.165) is 16.5 Å². The van der Waals surface area contributed by atoms with Crippen molar-refractivity contribution in [3.8, 4) is 0 Å². The Labute approximate surface area is 113 Å². The average molecular weight is 260 g/mol. The van der Waals surface area contributed by atoms with Gasteiger partial charge in [0.05, 0.1) is 12.8 Å². The Morgan fingerprint density at radius 3 is 2.74 bits per heavy atom. The zero-order valence-electron chi connectivity index (χ0n) is 11.6. The molecule has 0 aliphatic rings. The summed E-state index contributed by atoms with van der Waals surface area (Å²) < 4.78 is 5.45. The van der Waals surface area contributed by atoms with Crippen molar-refractivity contribution in [2.75, 3.05) is 6.54 Å². The van der Waals surface area contributed by atoms with Gasteiger partial charge in [0.2, 0.25) is 5.91 Å². The number of rotatable bonds is 4. The Morgan fingerprint density at radius 2 is 2.00 bits per heavy atom. The summed E-state index contributed by atoms with van der Waals surface area (Å²) in [7, 11) is 0. The van der Waals surface area contributed by atoms with E-state index in [4.69, 9.17) is 4.42 Å². The number of hydrogen-bond donors (Lipinski definition) is 2. The lowest BCUT2D eigenvalue weighted by Crippen LogP contribution is -2.44. The van der Waals surface area contributed by atoms with Crippen LogP contribution in [0.4, 0.5) is 0 Å². The maximum atomic E-state index is 11.7. The predicted octanol–water partition coefficient (Wildman–Crippen LogP) is 2.44. The Balaban J connectivity index is 1.88. The Kier molecular flexibility index (Phi) is 3.90. The number of amides is 1. The molecule has 0 saturated heterocycles. The standard InChI is InChI=1S/C15H20N2O2/c1-15(2,3)17-14(18)9-16-8-11-10-19-13-7-5-4-6-12(11)13/h4-7,10,16H,8-9H2,1-3H3,(H,17,18). The Morgan fingerprint density at radius 1 is 1.26 bits per heavy atom. The first kappa shape index (κ1) is 13.6. The van der Waals surface area contributed by atoms with Crippen molar-refractivity contribution in [2.24, 2.45) is 0 Å². The summed E-state index contributed by atoms with van der Waals surface area (Å²) in [6.07, 6.45) is 1.74.